The minimum atomic E-state index is -3.54. The van der Waals surface area contributed by atoms with E-state index in [1.54, 1.807) is 23.1 Å². The first-order chi connectivity index (χ1) is 14.4. The second kappa shape index (κ2) is 9.08. The average molecular weight is 433 g/mol. The van der Waals surface area contributed by atoms with Crippen molar-refractivity contribution < 1.29 is 18.0 Å². The fourth-order valence-corrected chi connectivity index (χ4v) is 5.88. The molecular weight excluding hydrogens is 400 g/mol. The molecule has 1 aromatic rings. The molecular formula is C23H32N2O4S. The number of sulfone groups is 1. The van der Waals surface area contributed by atoms with Crippen LogP contribution in [0.4, 0.5) is 5.69 Å². The number of rotatable bonds is 6. The van der Waals surface area contributed by atoms with Gasteiger partial charge in [0.05, 0.1) is 10.6 Å². The van der Waals surface area contributed by atoms with E-state index in [9.17, 15) is 18.0 Å². The molecule has 0 atom stereocenters. The highest BCUT2D eigenvalue weighted by atomic mass is 32.2. The molecule has 0 unspecified atom stereocenters. The summed E-state index contributed by atoms with van der Waals surface area (Å²) in [5, 5.41) is 3.04. The quantitative estimate of drug-likeness (QED) is 0.747. The molecule has 1 aliphatic heterocycles. The summed E-state index contributed by atoms with van der Waals surface area (Å²) in [6, 6.07) is 5.21. The van der Waals surface area contributed by atoms with E-state index in [4.69, 9.17) is 0 Å². The minimum Gasteiger partial charge on any atom is -0.353 e. The Morgan fingerprint density at radius 3 is 2.40 bits per heavy atom. The van der Waals surface area contributed by atoms with Crippen molar-refractivity contribution in [1.29, 1.82) is 0 Å². The maximum atomic E-state index is 12.8. The third-order valence-electron chi connectivity index (χ3n) is 6.57. The zero-order valence-electron chi connectivity index (χ0n) is 17.6. The highest BCUT2D eigenvalue weighted by Gasteiger charge is 2.36. The molecule has 164 valence electrons. The van der Waals surface area contributed by atoms with Crippen molar-refractivity contribution in [3.8, 4) is 0 Å². The summed E-state index contributed by atoms with van der Waals surface area (Å²) in [6.07, 6.45) is 10.5. The number of benzene rings is 1. The fraction of sp³-hybridized carbons (Fsp3) is 0.652. The molecule has 2 amide bonds. The second-order valence-electron chi connectivity index (χ2n) is 8.98. The number of nitrogens with one attached hydrogen (secondary N) is 1. The van der Waals surface area contributed by atoms with Gasteiger partial charge in [-0.3, -0.25) is 9.59 Å². The maximum Gasteiger partial charge on any atom is 0.230 e. The lowest BCUT2D eigenvalue weighted by molar-refractivity contribution is -0.121. The van der Waals surface area contributed by atoms with Gasteiger partial charge in [-0.1, -0.05) is 32.1 Å². The first-order valence-electron chi connectivity index (χ1n) is 11.4. The smallest absolute Gasteiger partial charge is 0.230 e. The highest BCUT2D eigenvalue weighted by molar-refractivity contribution is 7.91. The number of hydrogen-bond donors (Lipinski definition) is 1. The van der Waals surface area contributed by atoms with E-state index in [0.717, 1.165) is 49.8 Å². The number of anilines is 1. The number of hydrogen-bond acceptors (Lipinski definition) is 4. The summed E-state index contributed by atoms with van der Waals surface area (Å²) < 4.78 is 25.6. The van der Waals surface area contributed by atoms with Gasteiger partial charge in [-0.05, 0) is 55.9 Å². The van der Waals surface area contributed by atoms with Crippen LogP contribution in [0.15, 0.2) is 23.1 Å². The van der Waals surface area contributed by atoms with Gasteiger partial charge in [0.2, 0.25) is 11.8 Å². The van der Waals surface area contributed by atoms with Crippen molar-refractivity contribution in [3.63, 3.8) is 0 Å². The first-order valence-corrected chi connectivity index (χ1v) is 13.1. The topological polar surface area (TPSA) is 83.6 Å². The molecule has 3 aliphatic rings. The fourth-order valence-electron chi connectivity index (χ4n) is 4.60. The van der Waals surface area contributed by atoms with Gasteiger partial charge in [0, 0.05) is 30.6 Å². The number of carbonyl (C=O) groups is 2. The van der Waals surface area contributed by atoms with E-state index in [1.165, 1.54) is 19.3 Å². The van der Waals surface area contributed by atoms with Gasteiger partial charge in [0.15, 0.2) is 9.84 Å². The summed E-state index contributed by atoms with van der Waals surface area (Å²) >= 11 is 0. The van der Waals surface area contributed by atoms with E-state index in [0.29, 0.717) is 13.0 Å². The maximum absolute atomic E-state index is 12.8. The molecule has 2 aliphatic carbocycles. The molecule has 2 saturated carbocycles. The molecule has 0 radical (unpaired) electrons. The summed E-state index contributed by atoms with van der Waals surface area (Å²) in [6.45, 7) is 0.623. The van der Waals surface area contributed by atoms with E-state index >= 15 is 0 Å². The lowest BCUT2D eigenvalue weighted by Crippen LogP contribution is -2.36. The summed E-state index contributed by atoms with van der Waals surface area (Å²) in [7, 11) is -3.54. The first kappa shape index (κ1) is 21.3. The van der Waals surface area contributed by atoms with Gasteiger partial charge in [-0.2, -0.15) is 0 Å². The number of carbonyl (C=O) groups excluding carboxylic acids is 2. The molecule has 0 spiro atoms. The van der Waals surface area contributed by atoms with Crippen molar-refractivity contribution >= 4 is 27.3 Å². The SMILES string of the molecule is O=C(CCS(=O)(=O)c1ccc2c(c1)CCN2C(=O)C1CC1)NC1CCCCCCC1. The standard InChI is InChI=1S/C23H32N2O4S/c26-22(24-19-6-4-2-1-3-5-7-19)13-15-30(28,29)20-10-11-21-18(16-20)12-14-25(21)23(27)17-8-9-17/h10-11,16-17,19H,1-9,12-15H2,(H,24,26). The monoisotopic (exact) mass is 432 g/mol. The zero-order valence-corrected chi connectivity index (χ0v) is 18.4. The van der Waals surface area contributed by atoms with Gasteiger partial charge in [-0.25, -0.2) is 8.42 Å². The van der Waals surface area contributed by atoms with Crippen molar-refractivity contribution in [2.45, 2.75) is 81.6 Å². The Kier molecular flexibility index (Phi) is 6.46. The number of fused-ring (bicyclic) bond motifs is 1. The molecule has 7 heteroatoms. The molecule has 1 aromatic carbocycles. The third kappa shape index (κ3) is 5.05. The van der Waals surface area contributed by atoms with Crippen LogP contribution in [0, 0.1) is 5.92 Å². The summed E-state index contributed by atoms with van der Waals surface area (Å²) in [5.41, 5.74) is 1.75. The van der Waals surface area contributed by atoms with Gasteiger partial charge >= 0.3 is 0 Å². The van der Waals surface area contributed by atoms with Crippen LogP contribution >= 0.6 is 0 Å². The van der Waals surface area contributed by atoms with Crippen LogP contribution in [-0.2, 0) is 25.8 Å². The van der Waals surface area contributed by atoms with Crippen LogP contribution in [0.1, 0.15) is 69.8 Å². The second-order valence-corrected chi connectivity index (χ2v) is 11.1. The lowest BCUT2D eigenvalue weighted by atomic mass is 9.97. The zero-order chi connectivity index (χ0) is 21.1. The molecule has 30 heavy (non-hydrogen) atoms. The molecule has 6 nitrogen and oxygen atoms in total. The van der Waals surface area contributed by atoms with E-state index in [-0.39, 0.29) is 40.8 Å². The predicted molar refractivity (Wildman–Crippen MR) is 116 cm³/mol. The van der Waals surface area contributed by atoms with Gasteiger partial charge in [-0.15, -0.1) is 0 Å². The highest BCUT2D eigenvalue weighted by Crippen LogP contribution is 2.37. The van der Waals surface area contributed by atoms with Crippen LogP contribution < -0.4 is 10.2 Å². The van der Waals surface area contributed by atoms with Crippen molar-refractivity contribution in [2.24, 2.45) is 5.92 Å². The van der Waals surface area contributed by atoms with Crippen molar-refractivity contribution in [1.82, 2.24) is 5.32 Å². The largest absolute Gasteiger partial charge is 0.353 e. The Balaban J connectivity index is 1.34. The van der Waals surface area contributed by atoms with E-state index in [2.05, 4.69) is 5.32 Å². The minimum absolute atomic E-state index is 0.0117. The lowest BCUT2D eigenvalue weighted by Gasteiger charge is -2.21. The summed E-state index contributed by atoms with van der Waals surface area (Å²) in [5.74, 6) is -0.0489. The van der Waals surface area contributed by atoms with Crippen LogP contribution in [0.3, 0.4) is 0 Å². The molecule has 0 bridgehead atoms. The Labute approximate surface area is 179 Å². The molecule has 0 aromatic heterocycles. The van der Waals surface area contributed by atoms with Crippen LogP contribution in [0.25, 0.3) is 0 Å². The van der Waals surface area contributed by atoms with Crippen LogP contribution in [0.2, 0.25) is 0 Å². The molecule has 1 N–H and O–H groups in total. The normalized spacial score (nSPS) is 20.3. The van der Waals surface area contributed by atoms with Crippen molar-refractivity contribution in [2.75, 3.05) is 17.2 Å². The predicted octanol–water partition coefficient (Wildman–Crippen LogP) is 3.38. The Morgan fingerprint density at radius 2 is 1.70 bits per heavy atom. The van der Waals surface area contributed by atoms with Gasteiger partial charge < -0.3 is 10.2 Å². The van der Waals surface area contributed by atoms with Crippen molar-refractivity contribution in [3.05, 3.63) is 23.8 Å². The summed E-state index contributed by atoms with van der Waals surface area (Å²) in [4.78, 5) is 26.8. The number of nitrogens with zero attached hydrogens (tertiary/aromatic N) is 1. The molecule has 1 heterocycles. The van der Waals surface area contributed by atoms with Crippen LogP contribution in [-0.4, -0.2) is 38.6 Å². The molecule has 4 rings (SSSR count). The van der Waals surface area contributed by atoms with Crippen LogP contribution in [0.5, 0.6) is 0 Å². The number of amides is 2. The Bertz CT molecular complexity index is 900. The third-order valence-corrected chi connectivity index (χ3v) is 8.28. The average Bonchev–Trinajstić information content (AvgIpc) is 3.47. The Hall–Kier alpha value is -1.89. The van der Waals surface area contributed by atoms with E-state index < -0.39 is 9.84 Å². The van der Waals surface area contributed by atoms with E-state index in [1.807, 2.05) is 0 Å². The Morgan fingerprint density at radius 1 is 1.00 bits per heavy atom. The van der Waals surface area contributed by atoms with Gasteiger partial charge in [0.25, 0.3) is 0 Å². The molecule has 2 fully saturated rings. The molecule has 0 saturated heterocycles. The van der Waals surface area contributed by atoms with Gasteiger partial charge in [0.1, 0.15) is 0 Å².